The molecule has 0 atom stereocenters. The SMILES string of the molecule is Cc1cc(C)c(CNC(=O)c2cc(-c3cnn(C)c3)cc(NCC3CCC(N)CC3)c2C)c(=O)[nH]1. The molecule has 1 aliphatic rings. The normalized spacial score (nSPS) is 17.9. The summed E-state index contributed by atoms with van der Waals surface area (Å²) in [5.41, 5.74) is 12.4. The first kappa shape index (κ1) is 24.7. The van der Waals surface area contributed by atoms with Crippen LogP contribution in [0.5, 0.6) is 0 Å². The minimum absolute atomic E-state index is 0.168. The van der Waals surface area contributed by atoms with Gasteiger partial charge in [0.25, 0.3) is 11.5 Å². The van der Waals surface area contributed by atoms with Crippen molar-refractivity contribution in [3.8, 4) is 11.1 Å². The molecule has 2 heterocycles. The lowest BCUT2D eigenvalue weighted by Crippen LogP contribution is -2.30. The largest absolute Gasteiger partial charge is 0.385 e. The van der Waals surface area contributed by atoms with Gasteiger partial charge in [-0.2, -0.15) is 5.10 Å². The molecule has 0 radical (unpaired) electrons. The average molecular weight is 477 g/mol. The maximum atomic E-state index is 13.3. The van der Waals surface area contributed by atoms with Crippen LogP contribution in [0.2, 0.25) is 0 Å². The topological polar surface area (TPSA) is 118 Å². The Morgan fingerprint density at radius 2 is 1.89 bits per heavy atom. The standard InChI is InChI=1S/C27H36N6O2/c1-16-9-17(2)32-27(35)24(16)14-30-26(34)23-10-20(21-13-31-33(4)15-21)11-25(18(23)3)29-12-19-5-7-22(28)8-6-19/h9-11,13,15,19,22,29H,5-8,12,14,28H2,1-4H3,(H,30,34)(H,32,35). The quantitative estimate of drug-likeness (QED) is 0.416. The van der Waals surface area contributed by atoms with E-state index in [0.29, 0.717) is 23.1 Å². The van der Waals surface area contributed by atoms with E-state index in [1.807, 2.05) is 46.1 Å². The molecule has 8 heteroatoms. The zero-order valence-electron chi connectivity index (χ0n) is 21.1. The van der Waals surface area contributed by atoms with Gasteiger partial charge in [-0.3, -0.25) is 14.3 Å². The number of anilines is 1. The minimum atomic E-state index is -0.209. The number of carbonyl (C=O) groups is 1. The lowest BCUT2D eigenvalue weighted by atomic mass is 9.86. The number of aryl methyl sites for hydroxylation is 3. The van der Waals surface area contributed by atoms with Gasteiger partial charge in [-0.25, -0.2) is 0 Å². The lowest BCUT2D eigenvalue weighted by molar-refractivity contribution is 0.0950. The molecule has 3 aromatic rings. The van der Waals surface area contributed by atoms with Crippen molar-refractivity contribution in [3.63, 3.8) is 0 Å². The number of H-pyrrole nitrogens is 1. The number of nitrogens with zero attached hydrogens (tertiary/aromatic N) is 2. The fourth-order valence-corrected chi connectivity index (χ4v) is 4.88. The van der Waals surface area contributed by atoms with Crippen molar-refractivity contribution in [1.29, 1.82) is 0 Å². The van der Waals surface area contributed by atoms with Crippen molar-refractivity contribution in [2.45, 2.75) is 59.0 Å². The highest BCUT2D eigenvalue weighted by molar-refractivity contribution is 5.98. The summed E-state index contributed by atoms with van der Waals surface area (Å²) in [6, 6.07) is 6.23. The third-order valence-electron chi connectivity index (χ3n) is 7.08. The van der Waals surface area contributed by atoms with Crippen LogP contribution >= 0.6 is 0 Å². The number of pyridine rings is 1. The first-order valence-electron chi connectivity index (χ1n) is 12.3. The molecular weight excluding hydrogens is 440 g/mol. The molecule has 8 nitrogen and oxygen atoms in total. The van der Waals surface area contributed by atoms with Gasteiger partial charge in [0.2, 0.25) is 0 Å². The summed E-state index contributed by atoms with van der Waals surface area (Å²) in [5, 5.41) is 10.9. The lowest BCUT2D eigenvalue weighted by Gasteiger charge is -2.27. The second-order valence-corrected chi connectivity index (χ2v) is 9.89. The van der Waals surface area contributed by atoms with Gasteiger partial charge in [0.1, 0.15) is 0 Å². The summed E-state index contributed by atoms with van der Waals surface area (Å²) in [7, 11) is 1.87. The van der Waals surface area contributed by atoms with Gasteiger partial charge < -0.3 is 21.4 Å². The fourth-order valence-electron chi connectivity index (χ4n) is 4.88. The molecule has 35 heavy (non-hydrogen) atoms. The van der Waals surface area contributed by atoms with Crippen molar-refractivity contribution in [3.05, 3.63) is 68.9 Å². The Balaban J connectivity index is 1.59. The Morgan fingerprint density at radius 1 is 1.14 bits per heavy atom. The van der Waals surface area contributed by atoms with Crippen molar-refractivity contribution < 1.29 is 4.79 Å². The van der Waals surface area contributed by atoms with Crippen LogP contribution in [-0.4, -0.2) is 33.3 Å². The second-order valence-electron chi connectivity index (χ2n) is 9.89. The first-order valence-corrected chi connectivity index (χ1v) is 12.3. The van der Waals surface area contributed by atoms with Gasteiger partial charge >= 0.3 is 0 Å². The van der Waals surface area contributed by atoms with Gasteiger partial charge in [-0.05, 0) is 87.3 Å². The molecule has 4 rings (SSSR count). The number of hydrogen-bond acceptors (Lipinski definition) is 5. The van der Waals surface area contributed by atoms with E-state index in [1.54, 1.807) is 10.9 Å². The minimum Gasteiger partial charge on any atom is -0.385 e. The fraction of sp³-hybridized carbons (Fsp3) is 0.444. The predicted molar refractivity (Wildman–Crippen MR) is 140 cm³/mol. The van der Waals surface area contributed by atoms with Crippen LogP contribution in [0.3, 0.4) is 0 Å². The van der Waals surface area contributed by atoms with Gasteiger partial charge in [0, 0.05) is 60.4 Å². The second kappa shape index (κ2) is 10.5. The highest BCUT2D eigenvalue weighted by atomic mass is 16.1. The molecule has 2 aromatic heterocycles. The van der Waals surface area contributed by atoms with Gasteiger partial charge in [0.05, 0.1) is 6.20 Å². The van der Waals surface area contributed by atoms with E-state index in [9.17, 15) is 9.59 Å². The Morgan fingerprint density at radius 3 is 2.54 bits per heavy atom. The highest BCUT2D eigenvalue weighted by Crippen LogP contribution is 2.30. The highest BCUT2D eigenvalue weighted by Gasteiger charge is 2.20. The van der Waals surface area contributed by atoms with Crippen molar-refractivity contribution in [2.75, 3.05) is 11.9 Å². The third-order valence-corrected chi connectivity index (χ3v) is 7.08. The zero-order valence-corrected chi connectivity index (χ0v) is 21.1. The number of carbonyl (C=O) groups excluding carboxylic acids is 1. The van der Waals surface area contributed by atoms with E-state index in [4.69, 9.17) is 5.73 Å². The summed E-state index contributed by atoms with van der Waals surface area (Å²) in [5.74, 6) is 0.365. The van der Waals surface area contributed by atoms with E-state index in [0.717, 1.165) is 65.9 Å². The van der Waals surface area contributed by atoms with Crippen LogP contribution < -0.4 is 21.9 Å². The van der Waals surface area contributed by atoms with E-state index in [1.165, 1.54) is 0 Å². The Hall–Kier alpha value is -3.39. The third kappa shape index (κ3) is 5.82. The number of amides is 1. The summed E-state index contributed by atoms with van der Waals surface area (Å²) < 4.78 is 1.75. The zero-order chi connectivity index (χ0) is 25.1. The molecule has 0 aliphatic heterocycles. The van der Waals surface area contributed by atoms with Crippen LogP contribution in [0.25, 0.3) is 11.1 Å². The summed E-state index contributed by atoms with van der Waals surface area (Å²) in [6.45, 7) is 6.72. The Bertz CT molecular complexity index is 1270. The molecule has 0 saturated heterocycles. The molecule has 0 unspecified atom stereocenters. The van der Waals surface area contributed by atoms with Crippen LogP contribution in [0.1, 0.15) is 58.4 Å². The maximum Gasteiger partial charge on any atom is 0.253 e. The van der Waals surface area contributed by atoms with Crippen molar-refractivity contribution in [2.24, 2.45) is 18.7 Å². The van der Waals surface area contributed by atoms with Crippen LogP contribution in [0.15, 0.2) is 35.4 Å². The number of hydrogen-bond donors (Lipinski definition) is 4. The molecule has 1 amide bonds. The number of benzene rings is 1. The molecule has 0 spiro atoms. The van der Waals surface area contributed by atoms with E-state index < -0.39 is 0 Å². The summed E-state index contributed by atoms with van der Waals surface area (Å²) in [6.07, 6.45) is 8.10. The molecule has 1 aromatic carbocycles. The summed E-state index contributed by atoms with van der Waals surface area (Å²) in [4.78, 5) is 28.5. The van der Waals surface area contributed by atoms with Gasteiger partial charge in [0.15, 0.2) is 0 Å². The maximum absolute atomic E-state index is 13.3. The molecule has 1 aliphatic carbocycles. The van der Waals surface area contributed by atoms with E-state index in [-0.39, 0.29) is 18.0 Å². The number of nitrogens with two attached hydrogens (primary N) is 1. The first-order chi connectivity index (χ1) is 16.7. The molecule has 5 N–H and O–H groups in total. The van der Waals surface area contributed by atoms with E-state index >= 15 is 0 Å². The Labute approximate surface area is 206 Å². The molecular formula is C27H36N6O2. The monoisotopic (exact) mass is 476 g/mol. The van der Waals surface area contributed by atoms with Crippen molar-refractivity contribution >= 4 is 11.6 Å². The number of rotatable bonds is 7. The Kier molecular flexibility index (Phi) is 7.40. The van der Waals surface area contributed by atoms with Gasteiger partial charge in [-0.1, -0.05) is 0 Å². The molecule has 0 bridgehead atoms. The number of aromatic nitrogens is 3. The smallest absolute Gasteiger partial charge is 0.253 e. The van der Waals surface area contributed by atoms with Gasteiger partial charge in [-0.15, -0.1) is 0 Å². The van der Waals surface area contributed by atoms with Crippen molar-refractivity contribution in [1.82, 2.24) is 20.1 Å². The predicted octanol–water partition coefficient (Wildman–Crippen LogP) is 3.56. The number of nitrogens with one attached hydrogen (secondary N) is 3. The molecule has 1 saturated carbocycles. The molecule has 186 valence electrons. The van der Waals surface area contributed by atoms with E-state index in [2.05, 4.69) is 26.8 Å². The van der Waals surface area contributed by atoms with Crippen LogP contribution in [-0.2, 0) is 13.6 Å². The van der Waals surface area contributed by atoms with Crippen LogP contribution in [0, 0.1) is 26.7 Å². The average Bonchev–Trinajstić information content (AvgIpc) is 3.25. The van der Waals surface area contributed by atoms with Crippen LogP contribution in [0.4, 0.5) is 5.69 Å². The number of aromatic amines is 1. The summed E-state index contributed by atoms with van der Waals surface area (Å²) >= 11 is 0. The molecule has 1 fully saturated rings.